The molecule has 0 bridgehead atoms. The Labute approximate surface area is 185 Å². The van der Waals surface area contributed by atoms with E-state index < -0.39 is 44.4 Å². The number of nitrogen functional groups attached to an aromatic ring is 1. The average Bonchev–Trinajstić information content (AvgIpc) is 2.71. The van der Waals surface area contributed by atoms with Crippen LogP contribution in [0.2, 0.25) is 0 Å². The Morgan fingerprint density at radius 1 is 0.848 bits per heavy atom. The van der Waals surface area contributed by atoms with Crippen molar-refractivity contribution >= 4 is 15.5 Å². The number of benzene rings is 2. The van der Waals surface area contributed by atoms with Crippen LogP contribution in [0, 0.1) is 5.82 Å². The Hall–Kier alpha value is -2.34. The van der Waals surface area contributed by atoms with Crippen molar-refractivity contribution in [3.63, 3.8) is 0 Å². The minimum Gasteiger partial charge on any atom is -0.398 e. The number of rotatable bonds is 4. The lowest BCUT2D eigenvalue weighted by molar-refractivity contribution is -0.376. The lowest BCUT2D eigenvalue weighted by Crippen LogP contribution is -2.53. The number of hydrogen-bond donors (Lipinski definition) is 2. The molecule has 0 atom stereocenters. The molecule has 2 aromatic rings. The van der Waals surface area contributed by atoms with Crippen LogP contribution in [0.5, 0.6) is 0 Å². The molecular formula is C21H20F7NO3S. The molecule has 1 aliphatic rings. The van der Waals surface area contributed by atoms with E-state index in [4.69, 9.17) is 5.73 Å². The summed E-state index contributed by atoms with van der Waals surface area (Å²) in [7, 11) is -3.85. The molecule has 3 N–H and O–H groups in total. The molecule has 3 rings (SSSR count). The number of anilines is 1. The molecular weight excluding hydrogens is 479 g/mol. The third-order valence-corrected chi connectivity index (χ3v) is 8.35. The van der Waals surface area contributed by atoms with Crippen molar-refractivity contribution in [1.82, 2.24) is 0 Å². The van der Waals surface area contributed by atoms with Gasteiger partial charge in [-0.1, -0.05) is 24.3 Å². The third-order valence-electron chi connectivity index (χ3n) is 6.01. The van der Waals surface area contributed by atoms with E-state index in [1.807, 2.05) is 0 Å². The molecule has 12 heteroatoms. The van der Waals surface area contributed by atoms with Crippen molar-refractivity contribution in [2.75, 3.05) is 5.73 Å². The normalized spacial score (nSPS) is 20.6. The van der Waals surface area contributed by atoms with E-state index in [1.165, 1.54) is 0 Å². The summed E-state index contributed by atoms with van der Waals surface area (Å²) in [4.78, 5) is -0.185. The highest BCUT2D eigenvalue weighted by Gasteiger charge is 2.71. The van der Waals surface area contributed by atoms with Crippen LogP contribution < -0.4 is 5.73 Å². The molecule has 0 heterocycles. The molecule has 0 radical (unpaired) electrons. The molecule has 182 valence electrons. The van der Waals surface area contributed by atoms with Gasteiger partial charge in [0.1, 0.15) is 5.82 Å². The SMILES string of the molecule is Nc1cc(F)ccc1S(=O)(=O)C1CCC(c2ccc(C(O)(C(F)(F)F)C(F)(F)F)cc2)CC1. The van der Waals surface area contributed by atoms with Crippen molar-refractivity contribution in [3.8, 4) is 0 Å². The number of aliphatic hydroxyl groups is 1. The van der Waals surface area contributed by atoms with Crippen LogP contribution in [-0.4, -0.2) is 31.1 Å². The number of sulfone groups is 1. The summed E-state index contributed by atoms with van der Waals surface area (Å²) < 4.78 is 117. The van der Waals surface area contributed by atoms with Crippen LogP contribution in [0.4, 0.5) is 36.4 Å². The first-order valence-corrected chi connectivity index (χ1v) is 11.4. The van der Waals surface area contributed by atoms with Crippen LogP contribution in [0.25, 0.3) is 0 Å². The molecule has 4 nitrogen and oxygen atoms in total. The van der Waals surface area contributed by atoms with Gasteiger partial charge in [-0.2, -0.15) is 26.3 Å². The fraction of sp³-hybridized carbons (Fsp3) is 0.429. The largest absolute Gasteiger partial charge is 0.430 e. The Bertz CT molecular complexity index is 1090. The van der Waals surface area contributed by atoms with E-state index in [0.29, 0.717) is 30.5 Å². The molecule has 0 aliphatic heterocycles. The third kappa shape index (κ3) is 4.54. The fourth-order valence-electron chi connectivity index (χ4n) is 4.15. The van der Waals surface area contributed by atoms with Crippen LogP contribution in [0.3, 0.4) is 0 Å². The van der Waals surface area contributed by atoms with Gasteiger partial charge in [-0.15, -0.1) is 0 Å². The first-order chi connectivity index (χ1) is 15.1. The average molecular weight is 499 g/mol. The molecule has 0 spiro atoms. The second kappa shape index (κ2) is 8.46. The number of nitrogens with two attached hydrogens (primary N) is 1. The quantitative estimate of drug-likeness (QED) is 0.344. The van der Waals surface area contributed by atoms with E-state index in [1.54, 1.807) is 0 Å². The predicted molar refractivity (Wildman–Crippen MR) is 105 cm³/mol. The van der Waals surface area contributed by atoms with Gasteiger partial charge in [-0.3, -0.25) is 0 Å². The Morgan fingerprint density at radius 2 is 1.36 bits per heavy atom. The Balaban J connectivity index is 1.77. The molecule has 1 saturated carbocycles. The summed E-state index contributed by atoms with van der Waals surface area (Å²) in [5.74, 6) is -0.970. The van der Waals surface area contributed by atoms with Gasteiger partial charge in [0.15, 0.2) is 9.84 Å². The van der Waals surface area contributed by atoms with E-state index >= 15 is 0 Å². The first kappa shape index (κ1) is 25.3. The summed E-state index contributed by atoms with van der Waals surface area (Å²) in [5.41, 5.74) is -0.490. The highest BCUT2D eigenvalue weighted by molar-refractivity contribution is 7.92. The van der Waals surface area contributed by atoms with Gasteiger partial charge in [0, 0.05) is 5.56 Å². The van der Waals surface area contributed by atoms with Gasteiger partial charge < -0.3 is 10.8 Å². The van der Waals surface area contributed by atoms with Crippen molar-refractivity contribution in [2.45, 2.75) is 59.7 Å². The topological polar surface area (TPSA) is 80.4 Å². The van der Waals surface area contributed by atoms with Gasteiger partial charge >= 0.3 is 12.4 Å². The van der Waals surface area contributed by atoms with E-state index in [0.717, 1.165) is 30.3 Å². The first-order valence-electron chi connectivity index (χ1n) is 9.84. The van der Waals surface area contributed by atoms with Gasteiger partial charge in [0.05, 0.1) is 15.8 Å². The zero-order chi connectivity index (χ0) is 24.8. The van der Waals surface area contributed by atoms with Crippen LogP contribution in [0.15, 0.2) is 47.4 Å². The monoisotopic (exact) mass is 499 g/mol. The summed E-state index contributed by atoms with van der Waals surface area (Å²) >= 11 is 0. The van der Waals surface area contributed by atoms with E-state index in [2.05, 4.69) is 0 Å². The lowest BCUT2D eigenvalue weighted by Gasteiger charge is -2.33. The molecule has 0 saturated heterocycles. The highest BCUT2D eigenvalue weighted by Crippen LogP contribution is 2.50. The highest BCUT2D eigenvalue weighted by atomic mass is 32.2. The molecule has 2 aromatic carbocycles. The second-order valence-electron chi connectivity index (χ2n) is 8.03. The molecule has 1 fully saturated rings. The van der Waals surface area contributed by atoms with Gasteiger partial charge in [-0.25, -0.2) is 12.8 Å². The van der Waals surface area contributed by atoms with E-state index in [-0.39, 0.29) is 29.3 Å². The smallest absolute Gasteiger partial charge is 0.398 e. The molecule has 33 heavy (non-hydrogen) atoms. The van der Waals surface area contributed by atoms with Crippen molar-refractivity contribution in [3.05, 3.63) is 59.4 Å². The lowest BCUT2D eigenvalue weighted by atomic mass is 9.82. The summed E-state index contributed by atoms with van der Waals surface area (Å²) in [6, 6.07) is 6.30. The molecule has 1 aliphatic carbocycles. The predicted octanol–water partition coefficient (Wildman–Crippen LogP) is 5.22. The van der Waals surface area contributed by atoms with Gasteiger partial charge in [-0.05, 0) is 55.4 Å². The zero-order valence-electron chi connectivity index (χ0n) is 16.9. The standard InChI is InChI=1S/C21H20F7NO3S/c22-15-7-10-18(17(29)11-15)33(31,32)16-8-3-13(4-9-16)12-1-5-14(6-2-12)19(30,20(23,24)25)21(26,27)28/h1-2,5-7,10-11,13,16,30H,3-4,8-9,29H2. The Kier molecular flexibility index (Phi) is 6.48. The summed E-state index contributed by atoms with van der Waals surface area (Å²) in [6.07, 6.45) is -11.0. The minimum absolute atomic E-state index is 0.181. The van der Waals surface area contributed by atoms with Crippen LogP contribution in [0.1, 0.15) is 42.7 Å². The summed E-state index contributed by atoms with van der Waals surface area (Å²) in [6.45, 7) is 0. The van der Waals surface area contributed by atoms with Crippen molar-refractivity contribution < 1.29 is 44.3 Å². The maximum atomic E-state index is 13.2. The fourth-order valence-corrected chi connectivity index (χ4v) is 6.05. The maximum Gasteiger partial charge on any atom is 0.430 e. The van der Waals surface area contributed by atoms with Crippen molar-refractivity contribution in [1.29, 1.82) is 0 Å². The molecule has 0 amide bonds. The van der Waals surface area contributed by atoms with E-state index in [9.17, 15) is 44.3 Å². The van der Waals surface area contributed by atoms with Crippen molar-refractivity contribution in [2.24, 2.45) is 0 Å². The zero-order valence-corrected chi connectivity index (χ0v) is 17.7. The van der Waals surface area contributed by atoms with Gasteiger partial charge in [0.2, 0.25) is 0 Å². The molecule has 0 unspecified atom stereocenters. The number of alkyl halides is 6. The minimum atomic E-state index is -5.97. The van der Waals surface area contributed by atoms with Crippen LogP contribution >= 0.6 is 0 Å². The number of halogens is 7. The second-order valence-corrected chi connectivity index (χ2v) is 10.2. The van der Waals surface area contributed by atoms with Gasteiger partial charge in [0.25, 0.3) is 5.60 Å². The number of hydrogen-bond acceptors (Lipinski definition) is 4. The molecule has 0 aromatic heterocycles. The Morgan fingerprint density at radius 3 is 1.82 bits per heavy atom. The van der Waals surface area contributed by atoms with Crippen LogP contribution in [-0.2, 0) is 15.4 Å². The summed E-state index contributed by atoms with van der Waals surface area (Å²) in [5, 5.41) is 8.67. The maximum absolute atomic E-state index is 13.2.